The summed E-state index contributed by atoms with van der Waals surface area (Å²) in [6, 6.07) is 5.17. The van der Waals surface area contributed by atoms with Gasteiger partial charge in [0.2, 0.25) is 5.91 Å². The fourth-order valence-electron chi connectivity index (χ4n) is 3.15. The van der Waals surface area contributed by atoms with Crippen molar-refractivity contribution in [2.24, 2.45) is 5.92 Å². The van der Waals surface area contributed by atoms with Crippen LogP contribution >= 0.6 is 0 Å². The highest BCUT2D eigenvalue weighted by Crippen LogP contribution is 2.28. The number of hydrogen-bond donors (Lipinski definition) is 0. The van der Waals surface area contributed by atoms with E-state index in [1.807, 2.05) is 11.8 Å². The summed E-state index contributed by atoms with van der Waals surface area (Å²) in [5.74, 6) is 1.34. The number of amides is 2. The SMILES string of the molecule is CCCC(C)C(=O)N1CCN(C(=O)c2ccc(OC)c(OC)c2)CC1. The smallest absolute Gasteiger partial charge is 0.254 e. The summed E-state index contributed by atoms with van der Waals surface area (Å²) in [5.41, 5.74) is 0.566. The van der Waals surface area contributed by atoms with Crippen molar-refractivity contribution < 1.29 is 19.1 Å². The molecule has 138 valence electrons. The van der Waals surface area contributed by atoms with Crippen LogP contribution in [0, 0.1) is 5.92 Å². The molecule has 1 aliphatic heterocycles. The van der Waals surface area contributed by atoms with Crippen LogP contribution in [0.2, 0.25) is 0 Å². The number of carbonyl (C=O) groups excluding carboxylic acids is 2. The molecule has 1 aliphatic rings. The van der Waals surface area contributed by atoms with Gasteiger partial charge in [0.25, 0.3) is 5.91 Å². The van der Waals surface area contributed by atoms with Gasteiger partial charge in [-0.15, -0.1) is 0 Å². The van der Waals surface area contributed by atoms with E-state index in [4.69, 9.17) is 9.47 Å². The third-order valence-electron chi connectivity index (χ3n) is 4.65. The van der Waals surface area contributed by atoms with E-state index in [9.17, 15) is 9.59 Å². The lowest BCUT2D eigenvalue weighted by Gasteiger charge is -2.36. The molecule has 1 unspecified atom stereocenters. The highest BCUT2D eigenvalue weighted by atomic mass is 16.5. The van der Waals surface area contributed by atoms with Crippen LogP contribution in [0.5, 0.6) is 11.5 Å². The lowest BCUT2D eigenvalue weighted by Crippen LogP contribution is -2.51. The molecule has 0 aromatic heterocycles. The van der Waals surface area contributed by atoms with Gasteiger partial charge in [-0.2, -0.15) is 0 Å². The first-order valence-corrected chi connectivity index (χ1v) is 8.81. The van der Waals surface area contributed by atoms with E-state index < -0.39 is 0 Å². The van der Waals surface area contributed by atoms with E-state index in [2.05, 4.69) is 6.92 Å². The molecule has 1 heterocycles. The van der Waals surface area contributed by atoms with Gasteiger partial charge in [-0.05, 0) is 24.6 Å². The van der Waals surface area contributed by atoms with E-state index in [1.54, 1.807) is 37.3 Å². The normalized spacial score (nSPS) is 15.7. The minimum absolute atomic E-state index is 0.0466. The summed E-state index contributed by atoms with van der Waals surface area (Å²) in [6.45, 7) is 6.35. The van der Waals surface area contributed by atoms with Crippen LogP contribution in [0.4, 0.5) is 0 Å². The topological polar surface area (TPSA) is 59.1 Å². The molecule has 1 saturated heterocycles. The monoisotopic (exact) mass is 348 g/mol. The number of rotatable bonds is 6. The van der Waals surface area contributed by atoms with Gasteiger partial charge < -0.3 is 19.3 Å². The molecule has 0 bridgehead atoms. The fraction of sp³-hybridized carbons (Fsp3) is 0.579. The molecule has 0 aliphatic carbocycles. The predicted octanol–water partition coefficient (Wildman–Crippen LogP) is 2.42. The van der Waals surface area contributed by atoms with Gasteiger partial charge in [0.05, 0.1) is 14.2 Å². The molecule has 0 saturated carbocycles. The summed E-state index contributed by atoms with van der Waals surface area (Å²) < 4.78 is 10.5. The lowest BCUT2D eigenvalue weighted by molar-refractivity contribution is -0.136. The molecule has 2 rings (SSSR count). The Morgan fingerprint density at radius 2 is 1.64 bits per heavy atom. The zero-order valence-corrected chi connectivity index (χ0v) is 15.6. The molecule has 1 aromatic rings. The Hall–Kier alpha value is -2.24. The van der Waals surface area contributed by atoms with E-state index >= 15 is 0 Å². The average molecular weight is 348 g/mol. The third kappa shape index (κ3) is 4.44. The third-order valence-corrected chi connectivity index (χ3v) is 4.65. The van der Waals surface area contributed by atoms with Crippen LogP contribution in [-0.4, -0.2) is 62.0 Å². The van der Waals surface area contributed by atoms with E-state index in [1.165, 1.54) is 0 Å². The Labute approximate surface area is 149 Å². The zero-order chi connectivity index (χ0) is 18.4. The van der Waals surface area contributed by atoms with E-state index in [0.717, 1.165) is 12.8 Å². The molecule has 0 spiro atoms. The van der Waals surface area contributed by atoms with Gasteiger partial charge in [-0.25, -0.2) is 0 Å². The van der Waals surface area contributed by atoms with Crippen LogP contribution < -0.4 is 9.47 Å². The summed E-state index contributed by atoms with van der Waals surface area (Å²) in [7, 11) is 3.11. The molecule has 1 aromatic carbocycles. The second kappa shape index (κ2) is 8.74. The van der Waals surface area contributed by atoms with Gasteiger partial charge in [-0.3, -0.25) is 9.59 Å². The van der Waals surface area contributed by atoms with Crippen molar-refractivity contribution in [3.8, 4) is 11.5 Å². The molecule has 1 fully saturated rings. The van der Waals surface area contributed by atoms with Crippen molar-refractivity contribution in [2.75, 3.05) is 40.4 Å². The quantitative estimate of drug-likeness (QED) is 0.792. The molecule has 6 heteroatoms. The Balaban J connectivity index is 1.98. The Morgan fingerprint density at radius 1 is 1.04 bits per heavy atom. The maximum Gasteiger partial charge on any atom is 0.254 e. The van der Waals surface area contributed by atoms with Crippen molar-refractivity contribution in [1.82, 2.24) is 9.80 Å². The first-order chi connectivity index (χ1) is 12.0. The molecule has 2 amide bonds. The lowest BCUT2D eigenvalue weighted by atomic mass is 10.0. The van der Waals surface area contributed by atoms with Crippen LogP contribution in [0.3, 0.4) is 0 Å². The fourth-order valence-corrected chi connectivity index (χ4v) is 3.15. The summed E-state index contributed by atoms with van der Waals surface area (Å²) in [6.07, 6.45) is 1.91. The van der Waals surface area contributed by atoms with Gasteiger partial charge in [0.15, 0.2) is 11.5 Å². The van der Waals surface area contributed by atoms with Crippen LogP contribution in [0.1, 0.15) is 37.0 Å². The number of methoxy groups -OCH3 is 2. The Morgan fingerprint density at radius 3 is 2.20 bits per heavy atom. The zero-order valence-electron chi connectivity index (χ0n) is 15.6. The van der Waals surface area contributed by atoms with Crippen molar-refractivity contribution in [3.05, 3.63) is 23.8 Å². The largest absolute Gasteiger partial charge is 0.493 e. The number of nitrogens with zero attached hydrogens (tertiary/aromatic N) is 2. The number of ether oxygens (including phenoxy) is 2. The molecular weight excluding hydrogens is 320 g/mol. The van der Waals surface area contributed by atoms with Crippen LogP contribution in [0.15, 0.2) is 18.2 Å². The van der Waals surface area contributed by atoms with Gasteiger partial charge in [0, 0.05) is 37.7 Å². The van der Waals surface area contributed by atoms with Crippen molar-refractivity contribution in [1.29, 1.82) is 0 Å². The second-order valence-corrected chi connectivity index (χ2v) is 6.38. The van der Waals surface area contributed by atoms with Crippen LogP contribution in [-0.2, 0) is 4.79 Å². The summed E-state index contributed by atoms with van der Waals surface area (Å²) in [4.78, 5) is 28.7. The second-order valence-electron chi connectivity index (χ2n) is 6.38. The van der Waals surface area contributed by atoms with Gasteiger partial charge in [0.1, 0.15) is 0 Å². The molecule has 0 N–H and O–H groups in total. The Kier molecular flexibility index (Phi) is 6.67. The number of hydrogen-bond acceptors (Lipinski definition) is 4. The molecule has 6 nitrogen and oxygen atoms in total. The number of carbonyl (C=O) groups is 2. The van der Waals surface area contributed by atoms with Crippen LogP contribution in [0.25, 0.3) is 0 Å². The number of benzene rings is 1. The van der Waals surface area contributed by atoms with Crippen molar-refractivity contribution in [3.63, 3.8) is 0 Å². The highest BCUT2D eigenvalue weighted by Gasteiger charge is 2.27. The highest BCUT2D eigenvalue weighted by molar-refractivity contribution is 5.95. The van der Waals surface area contributed by atoms with Crippen molar-refractivity contribution in [2.45, 2.75) is 26.7 Å². The van der Waals surface area contributed by atoms with E-state index in [0.29, 0.717) is 43.2 Å². The molecule has 1 atom stereocenters. The first kappa shape index (κ1) is 19.1. The van der Waals surface area contributed by atoms with Gasteiger partial charge >= 0.3 is 0 Å². The number of piperazine rings is 1. The maximum absolute atomic E-state index is 12.7. The summed E-state index contributed by atoms with van der Waals surface area (Å²) in [5, 5.41) is 0. The summed E-state index contributed by atoms with van der Waals surface area (Å²) >= 11 is 0. The van der Waals surface area contributed by atoms with Crippen molar-refractivity contribution >= 4 is 11.8 Å². The average Bonchev–Trinajstić information content (AvgIpc) is 2.66. The molecule has 0 radical (unpaired) electrons. The Bertz CT molecular complexity index is 609. The minimum atomic E-state index is -0.0466. The predicted molar refractivity (Wildman–Crippen MR) is 96.1 cm³/mol. The molecule has 25 heavy (non-hydrogen) atoms. The van der Waals surface area contributed by atoms with Gasteiger partial charge in [-0.1, -0.05) is 20.3 Å². The maximum atomic E-state index is 12.7. The molecular formula is C19H28N2O4. The minimum Gasteiger partial charge on any atom is -0.493 e. The first-order valence-electron chi connectivity index (χ1n) is 8.81. The van der Waals surface area contributed by atoms with E-state index in [-0.39, 0.29) is 17.7 Å². The standard InChI is InChI=1S/C19H28N2O4/c1-5-6-14(2)18(22)20-9-11-21(12-10-20)19(23)15-7-8-16(24-3)17(13-15)25-4/h7-8,13-14H,5-6,9-12H2,1-4H3.